The van der Waals surface area contributed by atoms with Crippen molar-refractivity contribution < 1.29 is 48.9 Å². The number of nitrogens with zero attached hydrogens (tertiary/aromatic N) is 1. The minimum atomic E-state index is -1.43. The van der Waals surface area contributed by atoms with E-state index in [1.165, 1.54) is 17.0 Å². The van der Waals surface area contributed by atoms with Crippen LogP contribution < -0.4 is 32.7 Å². The summed E-state index contributed by atoms with van der Waals surface area (Å²) < 4.78 is 0. The van der Waals surface area contributed by atoms with Gasteiger partial charge in [-0.15, -0.1) is 0 Å². The first-order chi connectivity index (χ1) is 25.0. The van der Waals surface area contributed by atoms with Crippen LogP contribution in [0.3, 0.4) is 0 Å². The van der Waals surface area contributed by atoms with Crippen LogP contribution in [0, 0.1) is 11.8 Å². The number of carboxylic acid groups (broad SMARTS) is 2. The van der Waals surface area contributed by atoms with Crippen LogP contribution in [-0.2, 0) is 40.0 Å². The van der Waals surface area contributed by atoms with Gasteiger partial charge in [0.15, 0.2) is 0 Å². The monoisotopic (exact) mass is 747 g/mol. The van der Waals surface area contributed by atoms with Crippen molar-refractivity contribution in [2.75, 3.05) is 13.1 Å². The van der Waals surface area contributed by atoms with Gasteiger partial charge in [-0.3, -0.25) is 28.8 Å². The molecule has 1 heterocycles. The fourth-order valence-corrected chi connectivity index (χ4v) is 5.91. The number of carboxylic acids is 2. The molecule has 0 aliphatic carbocycles. The second-order valence-electron chi connectivity index (χ2n) is 13.9. The number of aliphatic carboxylic acids is 2. The Kier molecular flexibility index (Phi) is 18.2. The highest BCUT2D eigenvalue weighted by molar-refractivity contribution is 5.96. The number of phenols is 1. The molecule has 296 valence electrons. The van der Waals surface area contributed by atoms with Gasteiger partial charge in [0.05, 0.1) is 6.04 Å². The van der Waals surface area contributed by atoms with E-state index in [0.29, 0.717) is 31.2 Å². The van der Waals surface area contributed by atoms with Gasteiger partial charge in [0, 0.05) is 19.4 Å². The van der Waals surface area contributed by atoms with Gasteiger partial charge in [-0.25, -0.2) is 4.79 Å². The van der Waals surface area contributed by atoms with Gasteiger partial charge in [-0.2, -0.15) is 0 Å². The Morgan fingerprint density at radius 2 is 1.42 bits per heavy atom. The third-order valence-electron chi connectivity index (χ3n) is 9.49. The Labute approximate surface area is 310 Å². The molecule has 0 aromatic heterocycles. The first-order valence-electron chi connectivity index (χ1n) is 18.2. The molecule has 0 radical (unpaired) electrons. The number of benzene rings is 1. The van der Waals surface area contributed by atoms with Crippen LogP contribution in [0.1, 0.15) is 84.6 Å². The standard InChI is InChI=1S/C36H57N7O10/c1-5-21(4)30(42-33(49)29(38)20(2)3)34(50)40-25(15-16-28(45)46)32(48)39-24(9-6-7-17-37)31(47)41-26(19-22-11-13-23(44)14-12-22)35(51)43-18-8-10-27(43)36(52)53/h11-14,20-21,24-27,29-30,44H,5-10,15-19,37-38H2,1-4H3,(H,39,48)(H,40,50)(H,41,47)(H,42,49)(H,45,46)(H,52,53)/t21-,24-,25-,26-,27-,29-,30-/m0/s1. The third-order valence-corrected chi connectivity index (χ3v) is 9.49. The molecule has 17 heteroatoms. The van der Waals surface area contributed by atoms with Crippen molar-refractivity contribution in [3.05, 3.63) is 29.8 Å². The number of hydrogen-bond donors (Lipinski definition) is 9. The van der Waals surface area contributed by atoms with E-state index in [1.807, 2.05) is 6.92 Å². The maximum absolute atomic E-state index is 13.9. The Bertz CT molecular complexity index is 1420. The molecule has 0 saturated carbocycles. The highest BCUT2D eigenvalue weighted by Gasteiger charge is 2.39. The maximum atomic E-state index is 13.9. The lowest BCUT2D eigenvalue weighted by molar-refractivity contribution is -0.149. The molecule has 0 bridgehead atoms. The van der Waals surface area contributed by atoms with Crippen LogP contribution in [0.2, 0.25) is 0 Å². The molecule has 5 amide bonds. The van der Waals surface area contributed by atoms with E-state index >= 15 is 0 Å². The Balaban J connectivity index is 2.39. The van der Waals surface area contributed by atoms with E-state index in [2.05, 4.69) is 21.3 Å². The van der Waals surface area contributed by atoms with Gasteiger partial charge in [0.1, 0.15) is 36.0 Å². The molecule has 0 unspecified atom stereocenters. The minimum absolute atomic E-state index is 0.0182. The van der Waals surface area contributed by atoms with Crippen molar-refractivity contribution in [3.8, 4) is 5.75 Å². The summed E-state index contributed by atoms with van der Waals surface area (Å²) in [4.78, 5) is 92.6. The highest BCUT2D eigenvalue weighted by Crippen LogP contribution is 2.21. The van der Waals surface area contributed by atoms with Crippen molar-refractivity contribution in [1.29, 1.82) is 0 Å². The van der Waals surface area contributed by atoms with Crippen molar-refractivity contribution in [2.45, 2.75) is 122 Å². The number of rotatable bonds is 22. The molecular formula is C36H57N7O10. The quantitative estimate of drug-likeness (QED) is 0.0708. The Morgan fingerprint density at radius 3 is 1.96 bits per heavy atom. The smallest absolute Gasteiger partial charge is 0.326 e. The average molecular weight is 748 g/mol. The third kappa shape index (κ3) is 13.9. The summed E-state index contributed by atoms with van der Waals surface area (Å²) in [6.45, 7) is 7.49. The number of carbonyl (C=O) groups excluding carboxylic acids is 5. The van der Waals surface area contributed by atoms with E-state index < -0.39 is 90.1 Å². The molecule has 53 heavy (non-hydrogen) atoms. The molecule has 1 aliphatic rings. The van der Waals surface area contributed by atoms with Gasteiger partial charge in [0.25, 0.3) is 0 Å². The zero-order chi connectivity index (χ0) is 39.8. The van der Waals surface area contributed by atoms with Gasteiger partial charge < -0.3 is 53.0 Å². The number of unbranched alkanes of at least 4 members (excludes halogenated alkanes) is 1. The molecule has 1 saturated heterocycles. The Morgan fingerprint density at radius 1 is 0.830 bits per heavy atom. The average Bonchev–Trinajstić information content (AvgIpc) is 3.62. The number of phenolic OH excluding ortho intramolecular Hbond substituents is 1. The lowest BCUT2D eigenvalue weighted by Gasteiger charge is -2.30. The van der Waals surface area contributed by atoms with E-state index in [1.54, 1.807) is 32.9 Å². The predicted octanol–water partition coefficient (Wildman–Crippen LogP) is -0.0273. The largest absolute Gasteiger partial charge is 0.508 e. The van der Waals surface area contributed by atoms with Crippen LogP contribution in [0.4, 0.5) is 0 Å². The number of aromatic hydroxyl groups is 1. The maximum Gasteiger partial charge on any atom is 0.326 e. The van der Waals surface area contributed by atoms with Crippen LogP contribution in [0.5, 0.6) is 5.75 Å². The van der Waals surface area contributed by atoms with Crippen LogP contribution >= 0.6 is 0 Å². The van der Waals surface area contributed by atoms with Crippen molar-refractivity contribution in [1.82, 2.24) is 26.2 Å². The molecule has 1 aromatic carbocycles. The van der Waals surface area contributed by atoms with Crippen molar-refractivity contribution in [3.63, 3.8) is 0 Å². The van der Waals surface area contributed by atoms with Gasteiger partial charge in [-0.1, -0.05) is 46.2 Å². The molecule has 1 fully saturated rings. The second-order valence-corrected chi connectivity index (χ2v) is 13.9. The molecule has 17 nitrogen and oxygen atoms in total. The normalized spacial score (nSPS) is 17.5. The summed E-state index contributed by atoms with van der Waals surface area (Å²) in [6, 6.07) is -1.10. The highest BCUT2D eigenvalue weighted by atomic mass is 16.4. The van der Waals surface area contributed by atoms with Crippen LogP contribution in [0.15, 0.2) is 24.3 Å². The summed E-state index contributed by atoms with van der Waals surface area (Å²) in [5.74, 6) is -6.62. The summed E-state index contributed by atoms with van der Waals surface area (Å²) in [5.41, 5.74) is 12.2. The fourth-order valence-electron chi connectivity index (χ4n) is 5.91. The SMILES string of the molecule is CC[C@H](C)[C@H](NC(=O)[C@@H](N)C(C)C)C(=O)N[C@@H](CCC(=O)O)C(=O)N[C@@H](CCCCN)C(=O)N[C@@H](Cc1ccc(O)cc1)C(=O)N1CCC[C@H]1C(=O)O. The van der Waals surface area contributed by atoms with E-state index in [9.17, 15) is 48.9 Å². The minimum Gasteiger partial charge on any atom is -0.508 e. The number of nitrogens with one attached hydrogen (secondary N) is 4. The molecule has 2 rings (SSSR count). The molecule has 11 N–H and O–H groups in total. The molecule has 1 aliphatic heterocycles. The van der Waals surface area contributed by atoms with Gasteiger partial charge in [-0.05, 0) is 74.6 Å². The first-order valence-corrected chi connectivity index (χ1v) is 18.2. The van der Waals surface area contributed by atoms with Crippen molar-refractivity contribution >= 4 is 41.5 Å². The van der Waals surface area contributed by atoms with E-state index in [-0.39, 0.29) is 50.4 Å². The molecule has 7 atom stereocenters. The van der Waals surface area contributed by atoms with Gasteiger partial charge >= 0.3 is 11.9 Å². The van der Waals surface area contributed by atoms with Crippen LogP contribution in [0.25, 0.3) is 0 Å². The lowest BCUT2D eigenvalue weighted by Crippen LogP contribution is -2.60. The van der Waals surface area contributed by atoms with Gasteiger partial charge in [0.2, 0.25) is 29.5 Å². The molecule has 0 spiro atoms. The number of amides is 5. The summed E-state index contributed by atoms with van der Waals surface area (Å²) in [7, 11) is 0. The first kappa shape index (κ1) is 44.4. The lowest BCUT2D eigenvalue weighted by atomic mass is 9.96. The summed E-state index contributed by atoms with van der Waals surface area (Å²) >= 11 is 0. The number of hydrogen-bond acceptors (Lipinski definition) is 10. The summed E-state index contributed by atoms with van der Waals surface area (Å²) in [6.07, 6.45) is 1.19. The topological polar surface area (TPSA) is 284 Å². The predicted molar refractivity (Wildman–Crippen MR) is 194 cm³/mol. The Hall–Kier alpha value is -4.77. The van der Waals surface area contributed by atoms with E-state index in [0.717, 1.165) is 0 Å². The van der Waals surface area contributed by atoms with Crippen LogP contribution in [-0.4, -0.2) is 111 Å². The number of likely N-dealkylation sites (tertiary alicyclic amines) is 1. The number of carbonyl (C=O) groups is 7. The zero-order valence-electron chi connectivity index (χ0n) is 31.0. The molecule has 1 aromatic rings. The van der Waals surface area contributed by atoms with E-state index in [4.69, 9.17) is 11.5 Å². The summed E-state index contributed by atoms with van der Waals surface area (Å²) in [5, 5.41) is 39.4. The molecular weight excluding hydrogens is 690 g/mol. The number of nitrogens with two attached hydrogens (primary N) is 2. The van der Waals surface area contributed by atoms with Crippen molar-refractivity contribution in [2.24, 2.45) is 23.3 Å². The zero-order valence-corrected chi connectivity index (χ0v) is 31.0. The fraction of sp³-hybridized carbons (Fsp3) is 0.639. The second kappa shape index (κ2) is 21.7.